The largest absolute Gasteiger partial charge is 0.480 e. The SMILES string of the molecule is NCC(=O)N[C@@H](Cc1ccccc1)C(=O)N[C@@H](Cc1ccccc1)C(=O)N1CCC[C@H]1C(=O)O. The van der Waals surface area contributed by atoms with Gasteiger partial charge in [0.1, 0.15) is 18.1 Å². The van der Waals surface area contributed by atoms with Crippen molar-refractivity contribution in [3.05, 3.63) is 71.8 Å². The summed E-state index contributed by atoms with van der Waals surface area (Å²) in [7, 11) is 0. The Morgan fingerprint density at radius 2 is 1.47 bits per heavy atom. The molecule has 2 aromatic rings. The maximum absolute atomic E-state index is 13.4. The Morgan fingerprint density at radius 1 is 0.912 bits per heavy atom. The monoisotopic (exact) mass is 466 g/mol. The molecule has 0 unspecified atom stereocenters. The first-order chi connectivity index (χ1) is 16.4. The molecular formula is C25H30N4O5. The molecule has 0 spiro atoms. The van der Waals surface area contributed by atoms with E-state index in [1.54, 1.807) is 0 Å². The van der Waals surface area contributed by atoms with Gasteiger partial charge in [-0.1, -0.05) is 60.7 Å². The Labute approximate surface area is 198 Å². The van der Waals surface area contributed by atoms with E-state index in [1.807, 2.05) is 60.7 Å². The highest BCUT2D eigenvalue weighted by atomic mass is 16.4. The fraction of sp³-hybridized carbons (Fsp3) is 0.360. The second-order valence-corrected chi connectivity index (χ2v) is 8.29. The number of carbonyl (C=O) groups is 4. The molecule has 180 valence electrons. The van der Waals surface area contributed by atoms with E-state index < -0.39 is 41.8 Å². The van der Waals surface area contributed by atoms with Gasteiger partial charge in [0.25, 0.3) is 0 Å². The van der Waals surface area contributed by atoms with Gasteiger partial charge in [-0.05, 0) is 24.0 Å². The lowest BCUT2D eigenvalue weighted by atomic mass is 10.0. The molecule has 0 bridgehead atoms. The van der Waals surface area contributed by atoms with Gasteiger partial charge in [0.2, 0.25) is 17.7 Å². The molecule has 0 aromatic heterocycles. The second kappa shape index (κ2) is 11.9. The molecule has 3 rings (SSSR count). The molecule has 9 heteroatoms. The van der Waals surface area contributed by atoms with Crippen LogP contribution >= 0.6 is 0 Å². The Balaban J connectivity index is 1.83. The summed E-state index contributed by atoms with van der Waals surface area (Å²) in [6, 6.07) is 15.5. The average Bonchev–Trinajstić information content (AvgIpc) is 3.34. The summed E-state index contributed by atoms with van der Waals surface area (Å²) >= 11 is 0. The van der Waals surface area contributed by atoms with Crippen LogP contribution in [-0.2, 0) is 32.0 Å². The molecule has 0 radical (unpaired) electrons. The lowest BCUT2D eigenvalue weighted by molar-refractivity contribution is -0.149. The quantitative estimate of drug-likeness (QED) is 0.401. The van der Waals surface area contributed by atoms with Crippen molar-refractivity contribution in [2.75, 3.05) is 13.1 Å². The van der Waals surface area contributed by atoms with E-state index in [9.17, 15) is 24.3 Å². The molecule has 0 saturated carbocycles. The van der Waals surface area contributed by atoms with E-state index >= 15 is 0 Å². The average molecular weight is 467 g/mol. The van der Waals surface area contributed by atoms with Crippen molar-refractivity contribution < 1.29 is 24.3 Å². The number of likely N-dealkylation sites (tertiary alicyclic amines) is 1. The van der Waals surface area contributed by atoms with Crippen molar-refractivity contribution in [1.29, 1.82) is 0 Å². The van der Waals surface area contributed by atoms with Crippen LogP contribution in [0.2, 0.25) is 0 Å². The van der Waals surface area contributed by atoms with Crippen molar-refractivity contribution in [2.45, 2.75) is 43.8 Å². The lowest BCUT2D eigenvalue weighted by Crippen LogP contribution is -2.57. The third-order valence-corrected chi connectivity index (χ3v) is 5.84. The zero-order valence-corrected chi connectivity index (χ0v) is 18.9. The van der Waals surface area contributed by atoms with Gasteiger partial charge in [-0.25, -0.2) is 4.79 Å². The van der Waals surface area contributed by atoms with Gasteiger partial charge in [0.05, 0.1) is 6.54 Å². The zero-order chi connectivity index (χ0) is 24.5. The van der Waals surface area contributed by atoms with Crippen molar-refractivity contribution in [2.24, 2.45) is 5.73 Å². The summed E-state index contributed by atoms with van der Waals surface area (Å²) in [5, 5.41) is 14.9. The van der Waals surface area contributed by atoms with Gasteiger partial charge < -0.3 is 26.4 Å². The molecule has 34 heavy (non-hydrogen) atoms. The highest BCUT2D eigenvalue weighted by Crippen LogP contribution is 2.20. The Bertz CT molecular complexity index is 999. The Morgan fingerprint density at radius 3 is 2.00 bits per heavy atom. The summed E-state index contributed by atoms with van der Waals surface area (Å²) in [6.07, 6.45) is 1.36. The van der Waals surface area contributed by atoms with E-state index in [0.29, 0.717) is 19.4 Å². The third-order valence-electron chi connectivity index (χ3n) is 5.84. The standard InChI is InChI=1S/C25H30N4O5/c26-16-22(30)27-19(14-17-8-3-1-4-9-17)23(31)28-20(15-18-10-5-2-6-11-18)24(32)29-13-7-12-21(29)25(33)34/h1-6,8-11,19-21H,7,12-16,26H2,(H,27,30)(H,28,31)(H,33,34)/t19-,20-,21-/m0/s1. The summed E-state index contributed by atoms with van der Waals surface area (Å²) in [4.78, 5) is 51.6. The minimum atomic E-state index is -1.06. The maximum atomic E-state index is 13.4. The Kier molecular flexibility index (Phi) is 8.75. The van der Waals surface area contributed by atoms with E-state index in [1.165, 1.54) is 4.90 Å². The van der Waals surface area contributed by atoms with E-state index in [-0.39, 0.29) is 19.4 Å². The molecule has 1 saturated heterocycles. The number of aliphatic carboxylic acids is 1. The number of rotatable bonds is 10. The van der Waals surface area contributed by atoms with Crippen molar-refractivity contribution in [1.82, 2.24) is 15.5 Å². The van der Waals surface area contributed by atoms with Crippen LogP contribution in [-0.4, -0.2) is 64.9 Å². The highest BCUT2D eigenvalue weighted by molar-refractivity contribution is 5.94. The van der Waals surface area contributed by atoms with Gasteiger partial charge in [-0.2, -0.15) is 0 Å². The van der Waals surface area contributed by atoms with Crippen LogP contribution in [0.4, 0.5) is 0 Å². The van der Waals surface area contributed by atoms with Gasteiger partial charge >= 0.3 is 5.97 Å². The van der Waals surface area contributed by atoms with E-state index in [4.69, 9.17) is 5.73 Å². The second-order valence-electron chi connectivity index (χ2n) is 8.29. The van der Waals surface area contributed by atoms with Crippen LogP contribution in [0.5, 0.6) is 0 Å². The number of nitrogens with two attached hydrogens (primary N) is 1. The number of nitrogens with zero attached hydrogens (tertiary/aromatic N) is 1. The number of hydrogen-bond donors (Lipinski definition) is 4. The van der Waals surface area contributed by atoms with Crippen LogP contribution in [0, 0.1) is 0 Å². The summed E-state index contributed by atoms with van der Waals surface area (Å²) in [5.41, 5.74) is 7.08. The molecule has 1 aliphatic rings. The molecule has 1 aliphatic heterocycles. The summed E-state index contributed by atoms with van der Waals surface area (Å²) in [5.74, 6) is -2.54. The normalized spacial score (nSPS) is 17.0. The fourth-order valence-electron chi connectivity index (χ4n) is 4.12. The third kappa shape index (κ3) is 6.64. The Hall–Kier alpha value is -3.72. The zero-order valence-electron chi connectivity index (χ0n) is 18.9. The van der Waals surface area contributed by atoms with Crippen LogP contribution in [0.25, 0.3) is 0 Å². The minimum absolute atomic E-state index is 0.192. The molecule has 1 fully saturated rings. The van der Waals surface area contributed by atoms with Gasteiger partial charge in [-0.3, -0.25) is 14.4 Å². The molecule has 5 N–H and O–H groups in total. The molecular weight excluding hydrogens is 436 g/mol. The predicted octanol–water partition coefficient (Wildman–Crippen LogP) is 0.476. The molecule has 0 aliphatic carbocycles. The first kappa shape index (κ1) is 24.9. The highest BCUT2D eigenvalue weighted by Gasteiger charge is 2.38. The summed E-state index contributed by atoms with van der Waals surface area (Å²) < 4.78 is 0. The topological polar surface area (TPSA) is 142 Å². The number of hydrogen-bond acceptors (Lipinski definition) is 5. The maximum Gasteiger partial charge on any atom is 0.326 e. The molecule has 1 heterocycles. The van der Waals surface area contributed by atoms with Crippen molar-refractivity contribution in [3.8, 4) is 0 Å². The first-order valence-corrected chi connectivity index (χ1v) is 11.3. The number of carboxylic acids is 1. The van der Waals surface area contributed by atoms with Crippen LogP contribution < -0.4 is 16.4 Å². The number of carbonyl (C=O) groups excluding carboxylic acids is 3. The van der Waals surface area contributed by atoms with Gasteiger partial charge in [0.15, 0.2) is 0 Å². The van der Waals surface area contributed by atoms with Crippen molar-refractivity contribution >= 4 is 23.7 Å². The lowest BCUT2D eigenvalue weighted by Gasteiger charge is -2.29. The van der Waals surface area contributed by atoms with Gasteiger partial charge in [0, 0.05) is 19.4 Å². The number of benzene rings is 2. The van der Waals surface area contributed by atoms with Crippen molar-refractivity contribution in [3.63, 3.8) is 0 Å². The van der Waals surface area contributed by atoms with E-state index in [0.717, 1.165) is 11.1 Å². The molecule has 3 atom stereocenters. The van der Waals surface area contributed by atoms with Crippen LogP contribution in [0.15, 0.2) is 60.7 Å². The summed E-state index contributed by atoms with van der Waals surface area (Å²) in [6.45, 7) is 0.0350. The fourth-order valence-corrected chi connectivity index (χ4v) is 4.12. The first-order valence-electron chi connectivity index (χ1n) is 11.3. The molecule has 9 nitrogen and oxygen atoms in total. The smallest absolute Gasteiger partial charge is 0.326 e. The van der Waals surface area contributed by atoms with Gasteiger partial charge in [-0.15, -0.1) is 0 Å². The van der Waals surface area contributed by atoms with E-state index in [2.05, 4.69) is 10.6 Å². The number of amides is 3. The van der Waals surface area contributed by atoms with Crippen LogP contribution in [0.3, 0.4) is 0 Å². The number of carboxylic acid groups (broad SMARTS) is 1. The van der Waals surface area contributed by atoms with Crippen LogP contribution in [0.1, 0.15) is 24.0 Å². The molecule has 3 amide bonds. The molecule has 2 aromatic carbocycles. The predicted molar refractivity (Wildman–Crippen MR) is 126 cm³/mol. The minimum Gasteiger partial charge on any atom is -0.480 e. The number of nitrogens with one attached hydrogen (secondary N) is 2.